The molecule has 0 aromatic heterocycles. The number of carbonyl (C=O) groups is 2. The molecule has 0 saturated heterocycles. The summed E-state index contributed by atoms with van der Waals surface area (Å²) in [5, 5.41) is 2.78. The van der Waals surface area contributed by atoms with Gasteiger partial charge in [0.25, 0.3) is 0 Å². The third-order valence-electron chi connectivity index (χ3n) is 3.76. The van der Waals surface area contributed by atoms with E-state index in [1.54, 1.807) is 4.90 Å². The number of rotatable bonds is 7. The second-order valence-electron chi connectivity index (χ2n) is 5.72. The number of nitrogens with one attached hydrogen (secondary N) is 1. The van der Waals surface area contributed by atoms with Gasteiger partial charge >= 0.3 is 11.8 Å². The zero-order valence-corrected chi connectivity index (χ0v) is 14.2. The summed E-state index contributed by atoms with van der Waals surface area (Å²) in [4.78, 5) is 26.4. The third-order valence-corrected chi connectivity index (χ3v) is 3.76. The SMILES string of the molecule is CCCCN(CCCC)C(=O)C(=O)Nc1c(C)cccc1C. The van der Waals surface area contributed by atoms with Crippen LogP contribution in [0.1, 0.15) is 50.7 Å². The molecule has 0 aliphatic heterocycles. The first-order valence-electron chi connectivity index (χ1n) is 8.17. The van der Waals surface area contributed by atoms with Crippen LogP contribution < -0.4 is 5.32 Å². The Bertz CT molecular complexity index is 484. The number of benzene rings is 1. The van der Waals surface area contributed by atoms with Crippen LogP contribution in [0.5, 0.6) is 0 Å². The van der Waals surface area contributed by atoms with Gasteiger partial charge < -0.3 is 10.2 Å². The Kier molecular flexibility index (Phi) is 7.64. The van der Waals surface area contributed by atoms with Crippen LogP contribution in [0.15, 0.2) is 18.2 Å². The molecule has 0 bridgehead atoms. The number of hydrogen-bond acceptors (Lipinski definition) is 2. The van der Waals surface area contributed by atoms with Gasteiger partial charge in [-0.15, -0.1) is 0 Å². The smallest absolute Gasteiger partial charge is 0.313 e. The molecule has 1 aromatic rings. The fourth-order valence-corrected chi connectivity index (χ4v) is 2.34. The molecule has 0 spiro atoms. The monoisotopic (exact) mass is 304 g/mol. The summed E-state index contributed by atoms with van der Waals surface area (Å²) >= 11 is 0. The van der Waals surface area contributed by atoms with Gasteiger partial charge in [-0.05, 0) is 37.8 Å². The lowest BCUT2D eigenvalue weighted by molar-refractivity contribution is -0.143. The van der Waals surface area contributed by atoms with Gasteiger partial charge in [0.15, 0.2) is 0 Å². The number of unbranched alkanes of at least 4 members (excludes halogenated alkanes) is 2. The molecule has 4 heteroatoms. The van der Waals surface area contributed by atoms with Crippen LogP contribution in [0.4, 0.5) is 5.69 Å². The van der Waals surface area contributed by atoms with Crippen LogP contribution in [-0.4, -0.2) is 29.8 Å². The van der Waals surface area contributed by atoms with Gasteiger partial charge in [0.2, 0.25) is 0 Å². The Morgan fingerprint density at radius 3 is 1.95 bits per heavy atom. The zero-order valence-electron chi connectivity index (χ0n) is 14.2. The van der Waals surface area contributed by atoms with Crippen molar-refractivity contribution in [1.29, 1.82) is 0 Å². The Morgan fingerprint density at radius 2 is 1.50 bits per heavy atom. The van der Waals surface area contributed by atoms with Crippen molar-refractivity contribution in [2.75, 3.05) is 18.4 Å². The number of nitrogens with zero attached hydrogens (tertiary/aromatic N) is 1. The lowest BCUT2D eigenvalue weighted by atomic mass is 10.1. The number of amides is 2. The van der Waals surface area contributed by atoms with Crippen molar-refractivity contribution in [3.8, 4) is 0 Å². The van der Waals surface area contributed by atoms with E-state index in [0.717, 1.165) is 42.5 Å². The Morgan fingerprint density at radius 1 is 1.00 bits per heavy atom. The van der Waals surface area contributed by atoms with Crippen LogP contribution in [0, 0.1) is 13.8 Å². The molecular formula is C18H28N2O2. The van der Waals surface area contributed by atoms with E-state index in [4.69, 9.17) is 0 Å². The van der Waals surface area contributed by atoms with E-state index < -0.39 is 11.8 Å². The van der Waals surface area contributed by atoms with E-state index >= 15 is 0 Å². The standard InChI is InChI=1S/C18H28N2O2/c1-5-7-12-20(13-8-6-2)18(22)17(21)19-16-14(3)10-9-11-15(16)4/h9-11H,5-8,12-13H2,1-4H3,(H,19,21). The van der Waals surface area contributed by atoms with Crippen molar-refractivity contribution in [2.24, 2.45) is 0 Å². The minimum Gasteiger partial charge on any atom is -0.334 e. The summed E-state index contributed by atoms with van der Waals surface area (Å²) < 4.78 is 0. The average Bonchev–Trinajstić information content (AvgIpc) is 2.50. The van der Waals surface area contributed by atoms with E-state index in [1.807, 2.05) is 32.0 Å². The molecule has 4 nitrogen and oxygen atoms in total. The second kappa shape index (κ2) is 9.23. The maximum Gasteiger partial charge on any atom is 0.313 e. The molecule has 0 radical (unpaired) electrons. The van der Waals surface area contributed by atoms with Gasteiger partial charge in [-0.3, -0.25) is 9.59 Å². The summed E-state index contributed by atoms with van der Waals surface area (Å²) in [7, 11) is 0. The normalized spacial score (nSPS) is 10.4. The molecule has 0 heterocycles. The van der Waals surface area contributed by atoms with Gasteiger partial charge in [0.1, 0.15) is 0 Å². The maximum atomic E-state index is 12.4. The highest BCUT2D eigenvalue weighted by Crippen LogP contribution is 2.19. The second-order valence-corrected chi connectivity index (χ2v) is 5.72. The van der Waals surface area contributed by atoms with Gasteiger partial charge in [0.05, 0.1) is 0 Å². The molecule has 0 atom stereocenters. The minimum atomic E-state index is -0.537. The van der Waals surface area contributed by atoms with Crippen molar-refractivity contribution >= 4 is 17.5 Å². The van der Waals surface area contributed by atoms with Crippen molar-refractivity contribution < 1.29 is 9.59 Å². The first kappa shape index (κ1) is 18.2. The topological polar surface area (TPSA) is 49.4 Å². The van der Waals surface area contributed by atoms with Gasteiger partial charge in [-0.25, -0.2) is 0 Å². The quantitative estimate of drug-likeness (QED) is 0.781. The Balaban J connectivity index is 2.78. The van der Waals surface area contributed by atoms with Crippen molar-refractivity contribution in [2.45, 2.75) is 53.4 Å². The summed E-state index contributed by atoms with van der Waals surface area (Å²) in [6, 6.07) is 5.80. The molecule has 1 rings (SSSR count). The summed E-state index contributed by atoms with van der Waals surface area (Å²) in [6.07, 6.45) is 3.86. The van der Waals surface area contributed by atoms with E-state index in [2.05, 4.69) is 19.2 Å². The molecule has 2 amide bonds. The van der Waals surface area contributed by atoms with E-state index in [-0.39, 0.29) is 0 Å². The predicted octanol–water partition coefficient (Wildman–Crippen LogP) is 3.67. The number of anilines is 1. The molecule has 22 heavy (non-hydrogen) atoms. The molecule has 1 N–H and O–H groups in total. The van der Waals surface area contributed by atoms with E-state index in [9.17, 15) is 9.59 Å². The largest absolute Gasteiger partial charge is 0.334 e. The first-order valence-corrected chi connectivity index (χ1v) is 8.17. The third kappa shape index (κ3) is 5.17. The fourth-order valence-electron chi connectivity index (χ4n) is 2.34. The van der Waals surface area contributed by atoms with Crippen LogP contribution in [0.2, 0.25) is 0 Å². The van der Waals surface area contributed by atoms with Crippen LogP contribution in [0.25, 0.3) is 0 Å². The van der Waals surface area contributed by atoms with Crippen molar-refractivity contribution in [3.63, 3.8) is 0 Å². The molecular weight excluding hydrogens is 276 g/mol. The molecule has 0 aliphatic rings. The average molecular weight is 304 g/mol. The van der Waals surface area contributed by atoms with Crippen molar-refractivity contribution in [3.05, 3.63) is 29.3 Å². The number of carbonyl (C=O) groups excluding carboxylic acids is 2. The van der Waals surface area contributed by atoms with Crippen molar-refractivity contribution in [1.82, 2.24) is 4.90 Å². The van der Waals surface area contributed by atoms with Gasteiger partial charge in [-0.1, -0.05) is 44.9 Å². The highest BCUT2D eigenvalue weighted by atomic mass is 16.2. The molecule has 1 aromatic carbocycles. The lowest BCUT2D eigenvalue weighted by Gasteiger charge is -2.22. The van der Waals surface area contributed by atoms with Crippen LogP contribution >= 0.6 is 0 Å². The van der Waals surface area contributed by atoms with E-state index in [1.165, 1.54) is 0 Å². The highest BCUT2D eigenvalue weighted by molar-refractivity contribution is 6.39. The molecule has 0 unspecified atom stereocenters. The molecule has 0 aliphatic carbocycles. The highest BCUT2D eigenvalue weighted by Gasteiger charge is 2.22. The van der Waals surface area contributed by atoms with Crippen LogP contribution in [-0.2, 0) is 9.59 Å². The fraction of sp³-hybridized carbons (Fsp3) is 0.556. The molecule has 122 valence electrons. The maximum absolute atomic E-state index is 12.4. The van der Waals surface area contributed by atoms with Crippen LogP contribution in [0.3, 0.4) is 0 Å². The predicted molar refractivity (Wildman–Crippen MR) is 90.9 cm³/mol. The van der Waals surface area contributed by atoms with Gasteiger partial charge in [-0.2, -0.15) is 0 Å². The number of para-hydroxylation sites is 1. The first-order chi connectivity index (χ1) is 10.5. The zero-order chi connectivity index (χ0) is 16.5. The Labute approximate surface area is 133 Å². The molecule has 0 fully saturated rings. The summed E-state index contributed by atoms with van der Waals surface area (Å²) in [5.74, 6) is -0.964. The summed E-state index contributed by atoms with van der Waals surface area (Å²) in [5.41, 5.74) is 2.68. The Hall–Kier alpha value is -1.84. The number of hydrogen-bond donors (Lipinski definition) is 1. The number of aryl methyl sites for hydroxylation is 2. The minimum absolute atomic E-state index is 0.426. The lowest BCUT2D eigenvalue weighted by Crippen LogP contribution is -2.41. The summed E-state index contributed by atoms with van der Waals surface area (Å²) in [6.45, 7) is 9.32. The molecule has 0 saturated carbocycles. The van der Waals surface area contributed by atoms with E-state index in [0.29, 0.717) is 13.1 Å². The van der Waals surface area contributed by atoms with Gasteiger partial charge in [0, 0.05) is 18.8 Å².